The molecular formula is C14H22FNO. The largest absolute Gasteiger partial charge is 0.508 e. The summed E-state index contributed by atoms with van der Waals surface area (Å²) in [5.74, 6) is -0.409. The lowest BCUT2D eigenvalue weighted by atomic mass is 9.89. The van der Waals surface area contributed by atoms with Crippen LogP contribution in [0.2, 0.25) is 0 Å². The lowest BCUT2D eigenvalue weighted by Crippen LogP contribution is -2.43. The first kappa shape index (κ1) is 14.0. The van der Waals surface area contributed by atoms with Gasteiger partial charge in [-0.25, -0.2) is 4.39 Å². The molecule has 0 aliphatic rings. The number of nitrogens with one attached hydrogen (secondary N) is 1. The van der Waals surface area contributed by atoms with Crippen LogP contribution < -0.4 is 5.32 Å². The molecule has 0 unspecified atom stereocenters. The number of aromatic hydroxyl groups is 1. The van der Waals surface area contributed by atoms with E-state index in [-0.39, 0.29) is 11.3 Å². The van der Waals surface area contributed by atoms with E-state index < -0.39 is 5.82 Å². The number of phenolic OH excluding ortho intramolecular Hbond substituents is 1. The Morgan fingerprint density at radius 1 is 1.12 bits per heavy atom. The number of halogens is 1. The second-order valence-electron chi connectivity index (χ2n) is 4.51. The van der Waals surface area contributed by atoms with Gasteiger partial charge < -0.3 is 10.4 Å². The highest BCUT2D eigenvalue weighted by atomic mass is 19.1. The van der Waals surface area contributed by atoms with E-state index >= 15 is 0 Å². The van der Waals surface area contributed by atoms with Gasteiger partial charge in [-0.2, -0.15) is 0 Å². The van der Waals surface area contributed by atoms with Crippen LogP contribution in [0.15, 0.2) is 18.2 Å². The van der Waals surface area contributed by atoms with Crippen LogP contribution in [0.4, 0.5) is 4.39 Å². The molecule has 0 aliphatic carbocycles. The van der Waals surface area contributed by atoms with E-state index in [1.807, 2.05) is 0 Å². The summed E-state index contributed by atoms with van der Waals surface area (Å²) < 4.78 is 13.1. The van der Waals surface area contributed by atoms with E-state index in [1.54, 1.807) is 6.07 Å². The maximum Gasteiger partial charge on any atom is 0.127 e. The average molecular weight is 239 g/mol. The SMILES string of the molecule is CCC(CC)(CC)NCc1cc(O)cc(F)c1. The molecule has 0 fully saturated rings. The van der Waals surface area contributed by atoms with Crippen molar-refractivity contribution in [2.24, 2.45) is 0 Å². The minimum Gasteiger partial charge on any atom is -0.508 e. The monoisotopic (exact) mass is 239 g/mol. The van der Waals surface area contributed by atoms with Crippen molar-refractivity contribution in [1.82, 2.24) is 5.32 Å². The molecule has 0 spiro atoms. The van der Waals surface area contributed by atoms with Crippen molar-refractivity contribution in [2.75, 3.05) is 0 Å². The zero-order valence-corrected chi connectivity index (χ0v) is 10.9. The summed E-state index contributed by atoms with van der Waals surface area (Å²) in [5, 5.41) is 12.8. The van der Waals surface area contributed by atoms with Crippen LogP contribution in [0, 0.1) is 5.82 Å². The summed E-state index contributed by atoms with van der Waals surface area (Å²) >= 11 is 0. The molecule has 1 aromatic rings. The quantitative estimate of drug-likeness (QED) is 0.795. The number of phenols is 1. The molecule has 0 saturated carbocycles. The molecule has 3 heteroatoms. The summed E-state index contributed by atoms with van der Waals surface area (Å²) in [5.41, 5.74) is 0.893. The normalized spacial score (nSPS) is 11.8. The Labute approximate surface area is 103 Å². The standard InChI is InChI=1S/C14H22FNO/c1-4-14(5-2,6-3)16-10-11-7-12(15)9-13(17)8-11/h7-9,16-17H,4-6,10H2,1-3H3. The molecular weight excluding hydrogens is 217 g/mol. The van der Waals surface area contributed by atoms with E-state index in [2.05, 4.69) is 26.1 Å². The highest BCUT2D eigenvalue weighted by molar-refractivity contribution is 5.28. The van der Waals surface area contributed by atoms with E-state index in [4.69, 9.17) is 0 Å². The fraction of sp³-hybridized carbons (Fsp3) is 0.571. The first-order valence-corrected chi connectivity index (χ1v) is 6.28. The number of benzene rings is 1. The van der Waals surface area contributed by atoms with Gasteiger partial charge in [0.1, 0.15) is 11.6 Å². The van der Waals surface area contributed by atoms with Gasteiger partial charge in [-0.15, -0.1) is 0 Å². The Morgan fingerprint density at radius 2 is 1.71 bits per heavy atom. The van der Waals surface area contributed by atoms with Gasteiger partial charge in [-0.3, -0.25) is 0 Å². The van der Waals surface area contributed by atoms with E-state index in [0.717, 1.165) is 30.9 Å². The van der Waals surface area contributed by atoms with Gasteiger partial charge in [0.05, 0.1) is 0 Å². The van der Waals surface area contributed by atoms with Crippen molar-refractivity contribution < 1.29 is 9.50 Å². The smallest absolute Gasteiger partial charge is 0.127 e. The van der Waals surface area contributed by atoms with Gasteiger partial charge in [-0.1, -0.05) is 20.8 Å². The Kier molecular flexibility index (Phi) is 4.94. The molecule has 17 heavy (non-hydrogen) atoms. The molecule has 1 rings (SSSR count). The molecule has 0 aromatic heterocycles. The van der Waals surface area contributed by atoms with Crippen LogP contribution in [0.5, 0.6) is 5.75 Å². The summed E-state index contributed by atoms with van der Waals surface area (Å²) in [4.78, 5) is 0. The summed E-state index contributed by atoms with van der Waals surface area (Å²) in [6, 6.07) is 4.18. The third-order valence-electron chi connectivity index (χ3n) is 3.64. The lowest BCUT2D eigenvalue weighted by Gasteiger charge is -2.32. The van der Waals surface area contributed by atoms with Crippen LogP contribution in [0.25, 0.3) is 0 Å². The second kappa shape index (κ2) is 6.01. The number of rotatable bonds is 6. The van der Waals surface area contributed by atoms with Crippen molar-refractivity contribution in [2.45, 2.75) is 52.1 Å². The van der Waals surface area contributed by atoms with Gasteiger partial charge in [0.2, 0.25) is 0 Å². The van der Waals surface area contributed by atoms with Crippen molar-refractivity contribution in [3.05, 3.63) is 29.6 Å². The third kappa shape index (κ3) is 3.70. The summed E-state index contributed by atoms with van der Waals surface area (Å²) in [7, 11) is 0. The predicted molar refractivity (Wildman–Crippen MR) is 68.5 cm³/mol. The van der Waals surface area contributed by atoms with E-state index in [9.17, 15) is 9.50 Å². The topological polar surface area (TPSA) is 32.3 Å². The first-order chi connectivity index (χ1) is 8.05. The maximum atomic E-state index is 13.1. The molecule has 0 aliphatic heterocycles. The van der Waals surface area contributed by atoms with Crippen LogP contribution in [-0.4, -0.2) is 10.6 Å². The molecule has 0 radical (unpaired) electrons. The van der Waals surface area contributed by atoms with Crippen LogP contribution >= 0.6 is 0 Å². The average Bonchev–Trinajstić information content (AvgIpc) is 2.30. The fourth-order valence-corrected chi connectivity index (χ4v) is 2.15. The number of hydrogen-bond acceptors (Lipinski definition) is 2. The van der Waals surface area contributed by atoms with Gasteiger partial charge in [0, 0.05) is 18.2 Å². The fourth-order valence-electron chi connectivity index (χ4n) is 2.15. The van der Waals surface area contributed by atoms with Crippen molar-refractivity contribution >= 4 is 0 Å². The van der Waals surface area contributed by atoms with Crippen LogP contribution in [0.3, 0.4) is 0 Å². The molecule has 1 aromatic carbocycles. The van der Waals surface area contributed by atoms with Crippen molar-refractivity contribution in [3.8, 4) is 5.75 Å². The zero-order chi connectivity index (χ0) is 12.9. The predicted octanol–water partition coefficient (Wildman–Crippen LogP) is 3.59. The van der Waals surface area contributed by atoms with Gasteiger partial charge in [0.15, 0.2) is 0 Å². The lowest BCUT2D eigenvalue weighted by molar-refractivity contribution is 0.287. The molecule has 0 atom stereocenters. The highest BCUT2D eigenvalue weighted by Gasteiger charge is 2.22. The molecule has 2 nitrogen and oxygen atoms in total. The minimum absolute atomic E-state index is 0.0168. The number of hydrogen-bond donors (Lipinski definition) is 2. The molecule has 96 valence electrons. The van der Waals surface area contributed by atoms with Gasteiger partial charge in [-0.05, 0) is 37.0 Å². The minimum atomic E-state index is -0.392. The Balaban J connectivity index is 2.71. The Hall–Kier alpha value is -1.09. The first-order valence-electron chi connectivity index (χ1n) is 6.28. The molecule has 0 heterocycles. The van der Waals surface area contributed by atoms with Crippen LogP contribution in [0.1, 0.15) is 45.6 Å². The molecule has 0 saturated heterocycles. The van der Waals surface area contributed by atoms with Gasteiger partial charge >= 0.3 is 0 Å². The van der Waals surface area contributed by atoms with Crippen molar-refractivity contribution in [1.29, 1.82) is 0 Å². The Morgan fingerprint density at radius 3 is 2.18 bits per heavy atom. The van der Waals surface area contributed by atoms with E-state index in [1.165, 1.54) is 6.07 Å². The summed E-state index contributed by atoms with van der Waals surface area (Å²) in [6.07, 6.45) is 3.13. The highest BCUT2D eigenvalue weighted by Crippen LogP contribution is 2.21. The van der Waals surface area contributed by atoms with Crippen LogP contribution in [-0.2, 0) is 6.54 Å². The van der Waals surface area contributed by atoms with E-state index in [0.29, 0.717) is 6.54 Å². The Bertz CT molecular complexity index is 333. The zero-order valence-electron chi connectivity index (χ0n) is 10.9. The maximum absolute atomic E-state index is 13.1. The van der Waals surface area contributed by atoms with Gasteiger partial charge in [0.25, 0.3) is 0 Å². The van der Waals surface area contributed by atoms with Crippen molar-refractivity contribution in [3.63, 3.8) is 0 Å². The summed E-state index contributed by atoms with van der Waals surface area (Å²) in [6.45, 7) is 7.05. The molecule has 0 amide bonds. The molecule has 2 N–H and O–H groups in total. The molecule has 0 bridgehead atoms. The second-order valence-corrected chi connectivity index (χ2v) is 4.51. The third-order valence-corrected chi connectivity index (χ3v) is 3.64.